The average Bonchev–Trinajstić information content (AvgIpc) is 2.86. The van der Waals surface area contributed by atoms with Gasteiger partial charge in [0.1, 0.15) is 23.4 Å². The van der Waals surface area contributed by atoms with E-state index in [1.807, 2.05) is 12.1 Å². The zero-order chi connectivity index (χ0) is 19.5. The second-order valence-electron chi connectivity index (χ2n) is 5.43. The normalized spacial score (nSPS) is 11.5. The van der Waals surface area contributed by atoms with Crippen LogP contribution in [-0.4, -0.2) is 18.9 Å². The first kappa shape index (κ1) is 18.9. The van der Waals surface area contributed by atoms with Gasteiger partial charge in [-0.05, 0) is 48.9 Å². The van der Waals surface area contributed by atoms with E-state index in [0.717, 1.165) is 5.69 Å². The maximum atomic E-state index is 12.3. The average molecular weight is 369 g/mol. The lowest BCUT2D eigenvalue weighted by Gasteiger charge is -2.05. The molecule has 8 nitrogen and oxygen atoms in total. The van der Waals surface area contributed by atoms with Gasteiger partial charge in [0, 0.05) is 18.4 Å². The number of benzene rings is 1. The van der Waals surface area contributed by atoms with Crippen LogP contribution in [0.2, 0.25) is 0 Å². The van der Waals surface area contributed by atoms with E-state index in [4.69, 9.17) is 10.4 Å². The van der Waals surface area contributed by atoms with Crippen LogP contribution in [0.15, 0.2) is 40.8 Å². The Morgan fingerprint density at radius 1 is 1.27 bits per heavy atom. The summed E-state index contributed by atoms with van der Waals surface area (Å²) in [4.78, 5) is 12.2. The first-order valence-electron chi connectivity index (χ1n) is 7.29. The Hall–Kier alpha value is -3.40. The third-order valence-corrected chi connectivity index (χ3v) is 4.72. The van der Waals surface area contributed by atoms with Gasteiger partial charge in [0.05, 0.1) is 4.90 Å². The molecule has 1 amide bonds. The number of carbonyl (C=O) groups excluding carboxylic acids is 1. The van der Waals surface area contributed by atoms with Crippen LogP contribution < -0.4 is 10.5 Å². The molecule has 0 unspecified atom stereocenters. The third-order valence-electron chi connectivity index (χ3n) is 3.79. The summed E-state index contributed by atoms with van der Waals surface area (Å²) in [6.45, 7) is 1.77. The van der Waals surface area contributed by atoms with Crippen molar-refractivity contribution in [3.05, 3.63) is 52.9 Å². The Kier molecular flexibility index (Phi) is 5.27. The van der Waals surface area contributed by atoms with E-state index >= 15 is 0 Å². The Balaban J connectivity index is 2.27. The molecule has 1 heterocycles. The lowest BCUT2D eigenvalue weighted by molar-refractivity contribution is -0.112. The zero-order valence-corrected chi connectivity index (χ0v) is 14.8. The maximum absolute atomic E-state index is 12.3. The number of amides is 1. The number of aromatic nitrogens is 1. The smallest absolute Gasteiger partial charge is 0.266 e. The fourth-order valence-electron chi connectivity index (χ4n) is 2.21. The summed E-state index contributed by atoms with van der Waals surface area (Å²) in [5.41, 5.74) is 1.88. The highest BCUT2D eigenvalue weighted by atomic mass is 32.2. The standard InChI is InChI=1S/C17H15N5O3S/c1-11-12(8-15(10-19)22(11)2)7-13(9-18)17(23)21-14-3-5-16(6-4-14)26(20,24)25/h3-8H,1-2H3,(H,21,23)(H2,20,24,25)/b13-7+. The number of nitrogens with one attached hydrogen (secondary N) is 1. The van der Waals surface area contributed by atoms with Gasteiger partial charge in [0.25, 0.3) is 5.91 Å². The van der Waals surface area contributed by atoms with E-state index < -0.39 is 15.9 Å². The van der Waals surface area contributed by atoms with Gasteiger partial charge < -0.3 is 9.88 Å². The minimum Gasteiger partial charge on any atom is -0.339 e. The fraction of sp³-hybridized carbons (Fsp3) is 0.118. The van der Waals surface area contributed by atoms with Crippen molar-refractivity contribution in [1.82, 2.24) is 4.57 Å². The van der Waals surface area contributed by atoms with Crippen LogP contribution >= 0.6 is 0 Å². The van der Waals surface area contributed by atoms with E-state index in [2.05, 4.69) is 5.32 Å². The number of nitrogens with two attached hydrogens (primary N) is 1. The molecule has 1 aromatic carbocycles. The van der Waals surface area contributed by atoms with Crippen LogP contribution in [-0.2, 0) is 21.9 Å². The number of nitrogens with zero attached hydrogens (tertiary/aromatic N) is 3. The van der Waals surface area contributed by atoms with Crippen molar-refractivity contribution < 1.29 is 13.2 Å². The fourth-order valence-corrected chi connectivity index (χ4v) is 2.72. The number of nitriles is 2. The summed E-state index contributed by atoms with van der Waals surface area (Å²) in [7, 11) is -2.11. The molecule has 0 spiro atoms. The number of rotatable bonds is 4. The highest BCUT2D eigenvalue weighted by molar-refractivity contribution is 7.89. The van der Waals surface area contributed by atoms with Crippen LogP contribution in [0.5, 0.6) is 0 Å². The number of hydrogen-bond acceptors (Lipinski definition) is 5. The van der Waals surface area contributed by atoms with Crippen LogP contribution in [0.1, 0.15) is 17.0 Å². The number of anilines is 1. The summed E-state index contributed by atoms with van der Waals surface area (Å²) in [5, 5.41) is 25.8. The molecule has 0 atom stereocenters. The van der Waals surface area contributed by atoms with Crippen molar-refractivity contribution in [2.45, 2.75) is 11.8 Å². The molecular weight excluding hydrogens is 354 g/mol. The minimum atomic E-state index is -3.82. The topological polar surface area (TPSA) is 142 Å². The second-order valence-corrected chi connectivity index (χ2v) is 7.00. The van der Waals surface area contributed by atoms with Crippen molar-refractivity contribution in [1.29, 1.82) is 10.5 Å². The third kappa shape index (κ3) is 3.98. The van der Waals surface area contributed by atoms with Crippen molar-refractivity contribution in [3.63, 3.8) is 0 Å². The molecule has 0 aliphatic carbocycles. The molecule has 0 bridgehead atoms. The molecule has 0 radical (unpaired) electrons. The van der Waals surface area contributed by atoms with E-state index in [-0.39, 0.29) is 10.5 Å². The minimum absolute atomic E-state index is 0.0875. The van der Waals surface area contributed by atoms with Crippen LogP contribution in [0.4, 0.5) is 5.69 Å². The van der Waals surface area contributed by atoms with E-state index in [9.17, 15) is 18.5 Å². The number of primary sulfonamides is 1. The van der Waals surface area contributed by atoms with E-state index in [1.54, 1.807) is 24.6 Å². The van der Waals surface area contributed by atoms with Gasteiger partial charge in [-0.3, -0.25) is 4.79 Å². The van der Waals surface area contributed by atoms with Gasteiger partial charge in [-0.2, -0.15) is 10.5 Å². The van der Waals surface area contributed by atoms with Gasteiger partial charge >= 0.3 is 0 Å². The summed E-state index contributed by atoms with van der Waals surface area (Å²) in [5.74, 6) is -0.655. The predicted molar refractivity (Wildman–Crippen MR) is 94.9 cm³/mol. The SMILES string of the molecule is Cc1c(/C=C(\C#N)C(=O)Nc2ccc(S(N)(=O)=O)cc2)cc(C#N)n1C. The quantitative estimate of drug-likeness (QED) is 0.619. The highest BCUT2D eigenvalue weighted by Gasteiger charge is 2.14. The molecular formula is C17H15N5O3S. The molecule has 3 N–H and O–H groups in total. The summed E-state index contributed by atoms with van der Waals surface area (Å²) in [6.07, 6.45) is 1.39. The maximum Gasteiger partial charge on any atom is 0.266 e. The van der Waals surface area contributed by atoms with E-state index in [0.29, 0.717) is 16.9 Å². The number of hydrogen-bond donors (Lipinski definition) is 2. The van der Waals surface area contributed by atoms with E-state index in [1.165, 1.54) is 30.3 Å². The molecule has 0 aliphatic heterocycles. The van der Waals surface area contributed by atoms with Crippen molar-refractivity contribution in [2.24, 2.45) is 12.2 Å². The second kappa shape index (κ2) is 7.23. The van der Waals surface area contributed by atoms with Crippen LogP contribution in [0.3, 0.4) is 0 Å². The monoisotopic (exact) mass is 369 g/mol. The summed E-state index contributed by atoms with van der Waals surface area (Å²) in [6, 6.07) is 10.7. The molecule has 9 heteroatoms. The summed E-state index contributed by atoms with van der Waals surface area (Å²) < 4.78 is 24.1. The van der Waals surface area contributed by atoms with Gasteiger partial charge in [0.2, 0.25) is 10.0 Å². The van der Waals surface area contributed by atoms with Crippen molar-refractivity contribution in [2.75, 3.05) is 5.32 Å². The number of sulfonamides is 1. The molecule has 0 aliphatic rings. The molecule has 0 saturated carbocycles. The molecule has 26 heavy (non-hydrogen) atoms. The Bertz CT molecular complexity index is 1080. The first-order chi connectivity index (χ1) is 12.2. The summed E-state index contributed by atoms with van der Waals surface area (Å²) >= 11 is 0. The molecule has 0 saturated heterocycles. The van der Waals surface area contributed by atoms with Crippen molar-refractivity contribution >= 4 is 27.7 Å². The van der Waals surface area contributed by atoms with Gasteiger partial charge in [-0.25, -0.2) is 13.6 Å². The van der Waals surface area contributed by atoms with Gasteiger partial charge in [0.15, 0.2) is 0 Å². The van der Waals surface area contributed by atoms with Crippen molar-refractivity contribution in [3.8, 4) is 12.1 Å². The lowest BCUT2D eigenvalue weighted by Crippen LogP contribution is -2.14. The molecule has 1 aromatic heterocycles. The van der Waals surface area contributed by atoms with Gasteiger partial charge in [-0.15, -0.1) is 0 Å². The number of carbonyl (C=O) groups is 1. The Morgan fingerprint density at radius 2 is 1.88 bits per heavy atom. The van der Waals surface area contributed by atoms with Crippen LogP contribution in [0.25, 0.3) is 6.08 Å². The largest absolute Gasteiger partial charge is 0.339 e. The van der Waals surface area contributed by atoms with Gasteiger partial charge in [-0.1, -0.05) is 0 Å². The predicted octanol–water partition coefficient (Wildman–Crippen LogP) is 1.40. The molecule has 0 fully saturated rings. The van der Waals surface area contributed by atoms with Crippen LogP contribution in [0, 0.1) is 29.6 Å². The molecule has 2 aromatic rings. The highest BCUT2D eigenvalue weighted by Crippen LogP contribution is 2.18. The zero-order valence-electron chi connectivity index (χ0n) is 14.0. The lowest BCUT2D eigenvalue weighted by atomic mass is 10.1. The Labute approximate surface area is 150 Å². The molecule has 2 rings (SSSR count). The Morgan fingerprint density at radius 3 is 2.35 bits per heavy atom. The molecule has 132 valence electrons. The first-order valence-corrected chi connectivity index (χ1v) is 8.84.